The molecule has 6 nitrogen and oxygen atoms in total. The van der Waals surface area contributed by atoms with Gasteiger partial charge in [-0.1, -0.05) is 55.8 Å². The van der Waals surface area contributed by atoms with E-state index < -0.39 is 0 Å². The Bertz CT molecular complexity index is 943. The smallest absolute Gasteiger partial charge is 0.168 e. The lowest BCUT2D eigenvalue weighted by Crippen LogP contribution is -2.48. The third-order valence-electron chi connectivity index (χ3n) is 6.06. The Morgan fingerprint density at radius 1 is 0.967 bits per heavy atom. The molecule has 2 heterocycles. The molecule has 1 fully saturated rings. The second-order valence-corrected chi connectivity index (χ2v) is 8.30. The molecule has 158 valence electrons. The lowest BCUT2D eigenvalue weighted by molar-refractivity contribution is 0.164. The first kappa shape index (κ1) is 20.5. The third-order valence-corrected chi connectivity index (χ3v) is 6.06. The largest absolute Gasteiger partial charge is 0.369 e. The van der Waals surface area contributed by atoms with Crippen molar-refractivity contribution < 1.29 is 0 Å². The second-order valence-electron chi connectivity index (χ2n) is 8.30. The Hall–Kier alpha value is -2.73. The highest BCUT2D eigenvalue weighted by atomic mass is 15.6. The summed E-state index contributed by atoms with van der Waals surface area (Å²) >= 11 is 0. The van der Waals surface area contributed by atoms with E-state index in [4.69, 9.17) is 0 Å². The molecule has 1 saturated heterocycles. The number of piperazine rings is 1. The fourth-order valence-electron chi connectivity index (χ4n) is 4.40. The lowest BCUT2D eigenvalue weighted by Gasteiger charge is -2.40. The van der Waals surface area contributed by atoms with Crippen LogP contribution in [0, 0.1) is 13.8 Å². The van der Waals surface area contributed by atoms with Gasteiger partial charge in [-0.05, 0) is 53.5 Å². The van der Waals surface area contributed by atoms with E-state index in [1.807, 2.05) is 10.7 Å². The normalized spacial score (nSPS) is 16.0. The van der Waals surface area contributed by atoms with Crippen molar-refractivity contribution in [3.63, 3.8) is 0 Å². The molecule has 1 aliphatic rings. The van der Waals surface area contributed by atoms with Crippen LogP contribution in [-0.2, 0) is 6.54 Å². The van der Waals surface area contributed by atoms with Gasteiger partial charge in [0.25, 0.3) is 0 Å². The molecule has 0 bridgehead atoms. The number of hydrogen-bond acceptors (Lipinski definition) is 5. The first-order chi connectivity index (χ1) is 14.7. The standard InChI is InChI=1S/C24H32N6/c1-4-8-22(24-25-26-27-30(24)18-21-9-6-5-7-10-21)28-13-15-29(16-14-28)23-17-19(2)11-12-20(23)3/h5-7,9-12,17,22H,4,8,13-16,18H2,1-3H3/t22-/m0/s1. The van der Waals surface area contributed by atoms with Crippen LogP contribution in [-0.4, -0.2) is 51.3 Å². The van der Waals surface area contributed by atoms with Gasteiger partial charge in [0.2, 0.25) is 0 Å². The van der Waals surface area contributed by atoms with Crippen LogP contribution >= 0.6 is 0 Å². The van der Waals surface area contributed by atoms with E-state index in [0.717, 1.165) is 44.8 Å². The van der Waals surface area contributed by atoms with E-state index in [2.05, 4.69) is 88.6 Å². The molecule has 4 rings (SSSR count). The van der Waals surface area contributed by atoms with Gasteiger partial charge in [0, 0.05) is 31.9 Å². The summed E-state index contributed by atoms with van der Waals surface area (Å²) in [7, 11) is 0. The highest BCUT2D eigenvalue weighted by molar-refractivity contribution is 5.55. The summed E-state index contributed by atoms with van der Waals surface area (Å²) in [6, 6.07) is 17.4. The molecule has 0 N–H and O–H groups in total. The van der Waals surface area contributed by atoms with Crippen LogP contribution in [0.5, 0.6) is 0 Å². The number of anilines is 1. The third kappa shape index (κ3) is 4.54. The van der Waals surface area contributed by atoms with Gasteiger partial charge >= 0.3 is 0 Å². The van der Waals surface area contributed by atoms with Crippen molar-refractivity contribution in [1.29, 1.82) is 0 Å². The van der Waals surface area contributed by atoms with E-state index in [1.165, 1.54) is 22.4 Å². The predicted octanol–water partition coefficient (Wildman–Crippen LogP) is 4.00. The molecule has 0 amide bonds. The van der Waals surface area contributed by atoms with Gasteiger partial charge in [0.05, 0.1) is 12.6 Å². The molecule has 0 aliphatic carbocycles. The summed E-state index contributed by atoms with van der Waals surface area (Å²) in [6.45, 7) is 11.4. The number of rotatable bonds is 7. The van der Waals surface area contributed by atoms with Gasteiger partial charge < -0.3 is 4.90 Å². The van der Waals surface area contributed by atoms with Crippen LogP contribution in [0.15, 0.2) is 48.5 Å². The average Bonchev–Trinajstić information content (AvgIpc) is 3.22. The molecule has 3 aromatic rings. The van der Waals surface area contributed by atoms with Gasteiger partial charge in [-0.2, -0.15) is 0 Å². The number of hydrogen-bond donors (Lipinski definition) is 0. The van der Waals surface area contributed by atoms with E-state index in [9.17, 15) is 0 Å². The molecule has 6 heteroatoms. The average molecular weight is 405 g/mol. The van der Waals surface area contributed by atoms with Crippen molar-refractivity contribution in [2.75, 3.05) is 31.1 Å². The second kappa shape index (κ2) is 9.39. The van der Waals surface area contributed by atoms with Gasteiger partial charge in [-0.3, -0.25) is 4.90 Å². The first-order valence-corrected chi connectivity index (χ1v) is 11.0. The number of aryl methyl sites for hydroxylation is 2. The zero-order chi connectivity index (χ0) is 20.9. The Kier molecular flexibility index (Phi) is 6.43. The minimum absolute atomic E-state index is 0.259. The monoisotopic (exact) mass is 404 g/mol. The predicted molar refractivity (Wildman–Crippen MR) is 121 cm³/mol. The maximum Gasteiger partial charge on any atom is 0.168 e. The van der Waals surface area contributed by atoms with E-state index >= 15 is 0 Å². The molecule has 0 radical (unpaired) electrons. The number of nitrogens with zero attached hydrogens (tertiary/aromatic N) is 6. The molecule has 2 aromatic carbocycles. The fourth-order valence-corrected chi connectivity index (χ4v) is 4.40. The van der Waals surface area contributed by atoms with E-state index in [1.54, 1.807) is 0 Å². The molecule has 1 aromatic heterocycles. The first-order valence-electron chi connectivity index (χ1n) is 11.0. The van der Waals surface area contributed by atoms with Gasteiger partial charge in [-0.25, -0.2) is 4.68 Å². The highest BCUT2D eigenvalue weighted by Crippen LogP contribution is 2.28. The van der Waals surface area contributed by atoms with Gasteiger partial charge in [0.1, 0.15) is 0 Å². The van der Waals surface area contributed by atoms with Crippen molar-refractivity contribution in [2.24, 2.45) is 0 Å². The van der Waals surface area contributed by atoms with Crippen molar-refractivity contribution in [2.45, 2.75) is 46.2 Å². The Balaban J connectivity index is 1.49. The van der Waals surface area contributed by atoms with Crippen LogP contribution in [0.1, 0.15) is 48.3 Å². The molecule has 0 saturated carbocycles. The molecule has 30 heavy (non-hydrogen) atoms. The zero-order valence-electron chi connectivity index (χ0n) is 18.3. The van der Waals surface area contributed by atoms with Crippen molar-refractivity contribution in [1.82, 2.24) is 25.1 Å². The Labute approximate surface area is 179 Å². The maximum absolute atomic E-state index is 4.46. The number of aromatic nitrogens is 4. The highest BCUT2D eigenvalue weighted by Gasteiger charge is 2.29. The fraction of sp³-hybridized carbons (Fsp3) is 0.458. The van der Waals surface area contributed by atoms with Gasteiger partial charge in [-0.15, -0.1) is 5.10 Å². The SMILES string of the molecule is CCC[C@@H](c1nnnn1Cc1ccccc1)N1CCN(c2cc(C)ccc2C)CC1. The molecule has 1 atom stereocenters. The maximum atomic E-state index is 4.46. The van der Waals surface area contributed by atoms with Crippen molar-refractivity contribution >= 4 is 5.69 Å². The molecular formula is C24H32N6. The van der Waals surface area contributed by atoms with Crippen molar-refractivity contribution in [3.05, 3.63) is 71.0 Å². The quantitative estimate of drug-likeness (QED) is 0.596. The van der Waals surface area contributed by atoms with E-state index in [0.29, 0.717) is 6.54 Å². The zero-order valence-corrected chi connectivity index (χ0v) is 18.3. The van der Waals surface area contributed by atoms with E-state index in [-0.39, 0.29) is 6.04 Å². The summed E-state index contributed by atoms with van der Waals surface area (Å²) in [6.07, 6.45) is 2.18. The molecule has 1 aliphatic heterocycles. The lowest BCUT2D eigenvalue weighted by atomic mass is 10.1. The number of tetrazole rings is 1. The summed E-state index contributed by atoms with van der Waals surface area (Å²) in [5, 5.41) is 12.8. The summed E-state index contributed by atoms with van der Waals surface area (Å²) in [5.74, 6) is 0.987. The summed E-state index contributed by atoms with van der Waals surface area (Å²) < 4.78 is 1.98. The van der Waals surface area contributed by atoms with Gasteiger partial charge in [0.15, 0.2) is 5.82 Å². The molecule has 0 spiro atoms. The van der Waals surface area contributed by atoms with Crippen LogP contribution < -0.4 is 4.90 Å². The van der Waals surface area contributed by atoms with Crippen LogP contribution in [0.3, 0.4) is 0 Å². The number of benzene rings is 2. The topological polar surface area (TPSA) is 50.1 Å². The minimum atomic E-state index is 0.259. The summed E-state index contributed by atoms with van der Waals surface area (Å²) in [4.78, 5) is 5.09. The van der Waals surface area contributed by atoms with Crippen LogP contribution in [0.25, 0.3) is 0 Å². The Morgan fingerprint density at radius 2 is 1.73 bits per heavy atom. The minimum Gasteiger partial charge on any atom is -0.369 e. The molecular weight excluding hydrogens is 372 g/mol. The Morgan fingerprint density at radius 3 is 2.47 bits per heavy atom. The van der Waals surface area contributed by atoms with Crippen molar-refractivity contribution in [3.8, 4) is 0 Å². The van der Waals surface area contributed by atoms with Crippen LogP contribution in [0.2, 0.25) is 0 Å². The summed E-state index contributed by atoms with van der Waals surface area (Å²) in [5.41, 5.74) is 5.27. The molecule has 0 unspecified atom stereocenters. The van der Waals surface area contributed by atoms with Crippen LogP contribution in [0.4, 0.5) is 5.69 Å².